The number of hydrogen-bond acceptors (Lipinski definition) is 5. The number of H-pyrrole nitrogens is 1. The molecule has 0 unspecified atom stereocenters. The van der Waals surface area contributed by atoms with Crippen LogP contribution in [0.1, 0.15) is 16.8 Å². The van der Waals surface area contributed by atoms with E-state index in [0.717, 1.165) is 39.2 Å². The van der Waals surface area contributed by atoms with Gasteiger partial charge in [0, 0.05) is 27.9 Å². The van der Waals surface area contributed by atoms with Gasteiger partial charge in [-0.1, -0.05) is 29.4 Å². The largest absolute Gasteiger partial charge is 0.469 e. The predicted molar refractivity (Wildman–Crippen MR) is 102 cm³/mol. The number of nitrogens with zero attached hydrogens (tertiary/aromatic N) is 3. The summed E-state index contributed by atoms with van der Waals surface area (Å²) in [5, 5.41) is 4.61. The Morgan fingerprint density at radius 1 is 1.29 bits per heavy atom. The maximum atomic E-state index is 12.0. The molecule has 0 saturated carbocycles. The number of carbonyl (C=O) groups is 1. The normalized spacial score (nSPS) is 13.2. The van der Waals surface area contributed by atoms with Crippen molar-refractivity contribution in [2.75, 3.05) is 13.9 Å². The van der Waals surface area contributed by atoms with Crippen LogP contribution in [0.5, 0.6) is 11.5 Å². The number of ether oxygens (including phenoxy) is 3. The summed E-state index contributed by atoms with van der Waals surface area (Å²) in [5.74, 6) is 0.892. The summed E-state index contributed by atoms with van der Waals surface area (Å²) in [6.45, 7) is 0.226. The molecule has 0 aliphatic carbocycles. The molecular formula is C20H18N4O4. The van der Waals surface area contributed by atoms with E-state index in [9.17, 15) is 4.79 Å². The van der Waals surface area contributed by atoms with Crippen molar-refractivity contribution in [2.45, 2.75) is 18.9 Å². The van der Waals surface area contributed by atoms with E-state index in [4.69, 9.17) is 19.7 Å². The lowest BCUT2D eigenvalue weighted by Crippen LogP contribution is -2.22. The molecule has 0 saturated heterocycles. The zero-order valence-corrected chi connectivity index (χ0v) is 15.2. The highest BCUT2D eigenvalue weighted by molar-refractivity contribution is 5.86. The number of carbonyl (C=O) groups excluding carboxylic acids is 1. The molecule has 0 spiro atoms. The molecular weight excluding hydrogens is 360 g/mol. The quantitative estimate of drug-likeness (QED) is 0.304. The number of fused-ring (bicyclic) bond motifs is 2. The summed E-state index contributed by atoms with van der Waals surface area (Å²) in [4.78, 5) is 18.3. The molecule has 0 amide bonds. The molecule has 3 aromatic rings. The number of para-hydroxylation sites is 1. The average molecular weight is 378 g/mol. The number of benzene rings is 2. The molecule has 1 aliphatic heterocycles. The third-order valence-electron chi connectivity index (χ3n) is 4.78. The van der Waals surface area contributed by atoms with Gasteiger partial charge < -0.3 is 19.2 Å². The van der Waals surface area contributed by atoms with Crippen LogP contribution in [0, 0.1) is 0 Å². The van der Waals surface area contributed by atoms with Gasteiger partial charge >= 0.3 is 5.97 Å². The highest BCUT2D eigenvalue weighted by Crippen LogP contribution is 2.34. The lowest BCUT2D eigenvalue weighted by atomic mass is 9.99. The summed E-state index contributed by atoms with van der Waals surface area (Å²) in [7, 11) is 1.28. The summed E-state index contributed by atoms with van der Waals surface area (Å²) >= 11 is 0. The first kappa shape index (κ1) is 17.8. The number of rotatable bonds is 6. The molecule has 1 N–H and O–H groups in total. The minimum Gasteiger partial charge on any atom is -0.469 e. The topological polar surface area (TPSA) is 109 Å². The maximum Gasteiger partial charge on any atom is 0.314 e. The van der Waals surface area contributed by atoms with Gasteiger partial charge in [0.1, 0.15) is 6.04 Å². The first-order valence-corrected chi connectivity index (χ1v) is 8.78. The van der Waals surface area contributed by atoms with Crippen molar-refractivity contribution in [3.63, 3.8) is 0 Å². The van der Waals surface area contributed by atoms with Crippen LogP contribution in [0.4, 0.5) is 0 Å². The smallest absolute Gasteiger partial charge is 0.314 e. The number of hydrogen-bond donors (Lipinski definition) is 1. The Labute approximate surface area is 160 Å². The highest BCUT2D eigenvalue weighted by atomic mass is 16.7. The Morgan fingerprint density at radius 3 is 2.93 bits per heavy atom. The molecule has 2 heterocycles. The Morgan fingerprint density at radius 2 is 2.11 bits per heavy atom. The van der Waals surface area contributed by atoms with Crippen LogP contribution in [0.2, 0.25) is 0 Å². The minimum absolute atomic E-state index is 0.226. The van der Waals surface area contributed by atoms with E-state index in [-0.39, 0.29) is 13.2 Å². The van der Waals surface area contributed by atoms with E-state index in [1.807, 2.05) is 42.5 Å². The van der Waals surface area contributed by atoms with Gasteiger partial charge in [0.15, 0.2) is 11.5 Å². The van der Waals surface area contributed by atoms with Gasteiger partial charge in [0.05, 0.1) is 7.11 Å². The molecule has 2 aromatic carbocycles. The average Bonchev–Trinajstić information content (AvgIpc) is 3.31. The number of azide groups is 1. The number of nitrogens with one attached hydrogen (secondary N) is 1. The number of aromatic amines is 1. The standard InChI is InChI=1S/C20H18N4O4/c1-26-20(25)17(23-24-21)10-14-13-4-2-3-5-15(13)22-16(14)8-12-6-7-18-19(9-12)28-11-27-18/h2-7,9,17,22H,8,10-11H2,1H3/t17-/m0/s1. The zero-order chi connectivity index (χ0) is 19.5. The SMILES string of the molecule is COC(=O)[C@H](Cc1c(Cc2ccc3c(c2)OCO3)[nH]c2ccccc12)N=[N+]=[N-]. The molecule has 0 bridgehead atoms. The Hall–Kier alpha value is -3.64. The Balaban J connectivity index is 1.72. The van der Waals surface area contributed by atoms with Crippen molar-refractivity contribution in [3.8, 4) is 11.5 Å². The lowest BCUT2D eigenvalue weighted by molar-refractivity contribution is -0.142. The number of methoxy groups -OCH3 is 1. The molecule has 4 rings (SSSR count). The second-order valence-corrected chi connectivity index (χ2v) is 6.44. The van der Waals surface area contributed by atoms with Gasteiger partial charge in [-0.2, -0.15) is 0 Å². The molecule has 28 heavy (non-hydrogen) atoms. The van der Waals surface area contributed by atoms with Crippen molar-refractivity contribution in [1.82, 2.24) is 4.98 Å². The van der Waals surface area contributed by atoms with E-state index in [2.05, 4.69) is 15.0 Å². The Bertz CT molecular complexity index is 1080. The fraction of sp³-hybridized carbons (Fsp3) is 0.250. The van der Waals surface area contributed by atoms with Crippen molar-refractivity contribution in [1.29, 1.82) is 0 Å². The third-order valence-corrected chi connectivity index (χ3v) is 4.78. The van der Waals surface area contributed by atoms with Crippen LogP contribution in [0.15, 0.2) is 47.6 Å². The van der Waals surface area contributed by atoms with E-state index >= 15 is 0 Å². The fourth-order valence-electron chi connectivity index (χ4n) is 3.46. The van der Waals surface area contributed by atoms with Crippen molar-refractivity contribution in [3.05, 3.63) is 69.7 Å². The van der Waals surface area contributed by atoms with Gasteiger partial charge in [0.25, 0.3) is 0 Å². The molecule has 142 valence electrons. The van der Waals surface area contributed by atoms with E-state index in [0.29, 0.717) is 6.42 Å². The Kier molecular flexibility index (Phi) is 4.78. The molecule has 1 aromatic heterocycles. The molecule has 0 radical (unpaired) electrons. The van der Waals surface area contributed by atoms with Crippen LogP contribution < -0.4 is 9.47 Å². The second-order valence-electron chi connectivity index (χ2n) is 6.44. The third kappa shape index (κ3) is 3.33. The van der Waals surface area contributed by atoms with Gasteiger partial charge in [-0.3, -0.25) is 4.79 Å². The van der Waals surface area contributed by atoms with E-state index in [1.54, 1.807) is 0 Å². The van der Waals surface area contributed by atoms with Crippen molar-refractivity contribution in [2.24, 2.45) is 5.11 Å². The molecule has 8 nitrogen and oxygen atoms in total. The number of esters is 1. The first-order chi connectivity index (χ1) is 13.7. The molecule has 8 heteroatoms. The van der Waals surface area contributed by atoms with Gasteiger partial charge in [-0.05, 0) is 41.3 Å². The lowest BCUT2D eigenvalue weighted by Gasteiger charge is -2.11. The number of aromatic nitrogens is 1. The summed E-state index contributed by atoms with van der Waals surface area (Å²) in [5.41, 5.74) is 12.7. The van der Waals surface area contributed by atoms with Crippen molar-refractivity contribution < 1.29 is 19.0 Å². The monoisotopic (exact) mass is 378 g/mol. The predicted octanol–water partition coefficient (Wildman–Crippen LogP) is 3.88. The fourth-order valence-corrected chi connectivity index (χ4v) is 3.46. The molecule has 1 aliphatic rings. The summed E-state index contributed by atoms with van der Waals surface area (Å²) < 4.78 is 15.6. The van der Waals surface area contributed by atoms with Gasteiger partial charge in [-0.25, -0.2) is 0 Å². The maximum absolute atomic E-state index is 12.0. The van der Waals surface area contributed by atoms with E-state index < -0.39 is 12.0 Å². The van der Waals surface area contributed by atoms with Gasteiger partial charge in [0.2, 0.25) is 6.79 Å². The second kappa shape index (κ2) is 7.54. The van der Waals surface area contributed by atoms with Crippen LogP contribution >= 0.6 is 0 Å². The van der Waals surface area contributed by atoms with Crippen LogP contribution in [-0.2, 0) is 22.4 Å². The van der Waals surface area contributed by atoms with Gasteiger partial charge in [-0.15, -0.1) is 0 Å². The summed E-state index contributed by atoms with van der Waals surface area (Å²) in [6, 6.07) is 12.7. The van der Waals surface area contributed by atoms with E-state index in [1.165, 1.54) is 7.11 Å². The zero-order valence-electron chi connectivity index (χ0n) is 15.2. The van der Waals surface area contributed by atoms with Crippen LogP contribution in [0.3, 0.4) is 0 Å². The van der Waals surface area contributed by atoms with Crippen LogP contribution in [-0.4, -0.2) is 30.9 Å². The summed E-state index contributed by atoms with van der Waals surface area (Å²) in [6.07, 6.45) is 0.853. The van der Waals surface area contributed by atoms with Crippen molar-refractivity contribution >= 4 is 16.9 Å². The molecule has 0 fully saturated rings. The first-order valence-electron chi connectivity index (χ1n) is 8.78. The molecule has 1 atom stereocenters. The van der Waals surface area contributed by atoms with Crippen LogP contribution in [0.25, 0.3) is 21.3 Å². The minimum atomic E-state index is -0.926. The highest BCUT2D eigenvalue weighted by Gasteiger charge is 2.23.